The molecular weight excluding hydrogens is 526 g/mol. The summed E-state index contributed by atoms with van der Waals surface area (Å²) >= 11 is 0. The molecule has 0 fully saturated rings. The maximum absolute atomic E-state index is 6.66. The first-order valence-electron chi connectivity index (χ1n) is 14.4. The highest BCUT2D eigenvalue weighted by Gasteiger charge is 2.23. The van der Waals surface area contributed by atoms with Gasteiger partial charge in [-0.2, -0.15) is 0 Å². The van der Waals surface area contributed by atoms with Gasteiger partial charge in [-0.15, -0.1) is 16.4 Å². The van der Waals surface area contributed by atoms with Crippen molar-refractivity contribution in [2.75, 3.05) is 0 Å². The summed E-state index contributed by atoms with van der Waals surface area (Å²) in [6.07, 6.45) is 0. The van der Waals surface area contributed by atoms with Crippen LogP contribution in [-0.2, 0) is 0 Å². The average Bonchev–Trinajstić information content (AvgIpc) is 3.46. The van der Waals surface area contributed by atoms with Gasteiger partial charge in [0.25, 0.3) is 0 Å². The van der Waals surface area contributed by atoms with E-state index in [1.165, 1.54) is 0 Å². The van der Waals surface area contributed by atoms with E-state index >= 15 is 0 Å². The van der Waals surface area contributed by atoms with E-state index in [-0.39, 0.29) is 16.4 Å². The Morgan fingerprint density at radius 3 is 1.41 bits per heavy atom. The highest BCUT2D eigenvalue weighted by molar-refractivity contribution is 6.69. The van der Waals surface area contributed by atoms with Gasteiger partial charge < -0.3 is 4.42 Å². The van der Waals surface area contributed by atoms with Gasteiger partial charge in [0.2, 0.25) is 0 Å². The predicted octanol–water partition coefficient (Wildman–Crippen LogP) is 4.86. The van der Waals surface area contributed by atoms with Gasteiger partial charge in [0.1, 0.15) is 50.4 Å². The standard InChI is InChI=1S/C38H19B5O/c39-33-32(34(40)36(42)37(43)35(33)41)30-24-14-6-4-12-22(24)29(23-13-5-7-15-25(23)30)27-19-18-21(20-10-2-1-3-11-20)38-31(27)26-16-8-9-17-28(26)44-38/h1-19H. The number of hydrogen-bond acceptors (Lipinski definition) is 1. The second-order valence-electron chi connectivity index (χ2n) is 11.1. The summed E-state index contributed by atoms with van der Waals surface area (Å²) in [5.41, 5.74) is 8.71. The Morgan fingerprint density at radius 2 is 0.818 bits per heavy atom. The van der Waals surface area contributed by atoms with Gasteiger partial charge >= 0.3 is 0 Å². The van der Waals surface area contributed by atoms with Crippen LogP contribution in [0.1, 0.15) is 0 Å². The van der Waals surface area contributed by atoms with Crippen molar-refractivity contribution in [2.24, 2.45) is 0 Å². The van der Waals surface area contributed by atoms with E-state index in [2.05, 4.69) is 60.7 Å². The van der Waals surface area contributed by atoms with Crippen molar-refractivity contribution in [3.05, 3.63) is 115 Å². The maximum atomic E-state index is 6.66. The summed E-state index contributed by atoms with van der Waals surface area (Å²) in [6.45, 7) is 0. The number of fused-ring (bicyclic) bond motifs is 5. The summed E-state index contributed by atoms with van der Waals surface area (Å²) in [4.78, 5) is 0. The van der Waals surface area contributed by atoms with E-state index in [9.17, 15) is 0 Å². The average molecular weight is 546 g/mol. The van der Waals surface area contributed by atoms with Crippen molar-refractivity contribution in [1.29, 1.82) is 0 Å². The molecule has 192 valence electrons. The Balaban J connectivity index is 1.56. The lowest BCUT2D eigenvalue weighted by atomic mass is 9.59. The van der Waals surface area contributed by atoms with Crippen molar-refractivity contribution in [3.63, 3.8) is 0 Å². The fourth-order valence-corrected chi connectivity index (χ4v) is 6.69. The van der Waals surface area contributed by atoms with E-state index in [4.69, 9.17) is 43.6 Å². The van der Waals surface area contributed by atoms with Crippen molar-refractivity contribution in [3.8, 4) is 33.4 Å². The number of para-hydroxylation sites is 1. The SMILES string of the molecule is [B]c1c([B])c([B])c(-c2c3ccccc3c(-c3ccc(-c4ccccc4)c4oc5ccccc5c34)c3ccccc23)c([B])c1[B]. The normalized spacial score (nSPS) is 11.6. The zero-order chi connectivity index (χ0) is 30.1. The Hall–Kier alpha value is -4.82. The first-order chi connectivity index (χ1) is 21.5. The van der Waals surface area contributed by atoms with Crippen LogP contribution in [-0.4, -0.2) is 39.2 Å². The molecule has 0 bridgehead atoms. The molecule has 0 atom stereocenters. The zero-order valence-corrected chi connectivity index (χ0v) is 23.8. The highest BCUT2D eigenvalue weighted by atomic mass is 16.3. The Kier molecular flexibility index (Phi) is 6.17. The maximum Gasteiger partial charge on any atom is 0.143 e. The first-order valence-corrected chi connectivity index (χ1v) is 14.4. The Bertz CT molecular complexity index is 2360. The predicted molar refractivity (Wildman–Crippen MR) is 192 cm³/mol. The molecule has 6 heteroatoms. The fourth-order valence-electron chi connectivity index (χ4n) is 6.69. The molecule has 0 saturated heterocycles. The van der Waals surface area contributed by atoms with Crippen LogP contribution in [0.2, 0.25) is 0 Å². The number of furan rings is 1. The van der Waals surface area contributed by atoms with Crippen LogP contribution < -0.4 is 27.3 Å². The monoisotopic (exact) mass is 546 g/mol. The van der Waals surface area contributed by atoms with Gasteiger partial charge in [-0.25, -0.2) is 0 Å². The summed E-state index contributed by atoms with van der Waals surface area (Å²) in [6, 6.07) is 39.5. The third-order valence-corrected chi connectivity index (χ3v) is 8.76. The van der Waals surface area contributed by atoms with Crippen LogP contribution in [0.5, 0.6) is 0 Å². The molecule has 7 aromatic carbocycles. The smallest absolute Gasteiger partial charge is 0.143 e. The zero-order valence-electron chi connectivity index (χ0n) is 23.8. The molecule has 8 rings (SSSR count). The van der Waals surface area contributed by atoms with E-state index in [0.717, 1.165) is 71.3 Å². The third-order valence-electron chi connectivity index (χ3n) is 8.76. The molecule has 8 aromatic rings. The van der Waals surface area contributed by atoms with E-state index < -0.39 is 0 Å². The lowest BCUT2D eigenvalue weighted by Gasteiger charge is -2.25. The largest absolute Gasteiger partial charge is 0.455 e. The summed E-state index contributed by atoms with van der Waals surface area (Å²) < 4.78 is 6.61. The molecule has 0 aliphatic rings. The molecule has 0 amide bonds. The van der Waals surface area contributed by atoms with Crippen LogP contribution in [0.25, 0.3) is 76.9 Å². The second kappa shape index (κ2) is 10.1. The van der Waals surface area contributed by atoms with E-state index in [1.54, 1.807) is 0 Å². The van der Waals surface area contributed by atoms with Crippen LogP contribution >= 0.6 is 0 Å². The molecule has 0 spiro atoms. The molecule has 1 aromatic heterocycles. The van der Waals surface area contributed by atoms with Crippen LogP contribution in [0.15, 0.2) is 120 Å². The van der Waals surface area contributed by atoms with Gasteiger partial charge in [0.15, 0.2) is 0 Å². The number of rotatable bonds is 3. The van der Waals surface area contributed by atoms with E-state index in [1.807, 2.05) is 54.6 Å². The molecule has 0 aliphatic heterocycles. The fraction of sp³-hybridized carbons (Fsp3) is 0. The number of benzene rings is 7. The molecule has 0 saturated carbocycles. The van der Waals surface area contributed by atoms with Crippen LogP contribution in [0, 0.1) is 0 Å². The van der Waals surface area contributed by atoms with Gasteiger partial charge in [-0.05, 0) is 61.5 Å². The number of hydrogen-bond donors (Lipinski definition) is 0. The minimum atomic E-state index is 0.196. The second-order valence-corrected chi connectivity index (χ2v) is 11.1. The molecule has 10 radical (unpaired) electrons. The quantitative estimate of drug-likeness (QED) is 0.228. The molecule has 44 heavy (non-hydrogen) atoms. The summed E-state index contributed by atoms with van der Waals surface area (Å²) in [7, 11) is 32.2. The molecular formula is C38H19B5O. The third kappa shape index (κ3) is 3.80. The van der Waals surface area contributed by atoms with Crippen molar-refractivity contribution < 1.29 is 4.42 Å². The Morgan fingerprint density at radius 1 is 0.364 bits per heavy atom. The molecule has 0 unspecified atom stereocenters. The molecule has 0 N–H and O–H groups in total. The van der Waals surface area contributed by atoms with Crippen molar-refractivity contribution in [2.45, 2.75) is 0 Å². The summed E-state index contributed by atoms with van der Waals surface area (Å²) in [5.74, 6) is 0. The first kappa shape index (κ1) is 26.8. The topological polar surface area (TPSA) is 13.1 Å². The van der Waals surface area contributed by atoms with Gasteiger partial charge in [0.05, 0.1) is 0 Å². The minimum absolute atomic E-state index is 0.196. The lowest BCUT2D eigenvalue weighted by Crippen LogP contribution is -2.55. The molecule has 1 nitrogen and oxygen atoms in total. The van der Waals surface area contributed by atoms with Gasteiger partial charge in [-0.1, -0.05) is 114 Å². The van der Waals surface area contributed by atoms with Crippen LogP contribution in [0.3, 0.4) is 0 Å². The molecule has 0 aliphatic carbocycles. The Labute approximate surface area is 262 Å². The van der Waals surface area contributed by atoms with Gasteiger partial charge in [-0.3, -0.25) is 0 Å². The highest BCUT2D eigenvalue weighted by Crippen LogP contribution is 2.48. The van der Waals surface area contributed by atoms with Crippen LogP contribution in [0.4, 0.5) is 0 Å². The lowest BCUT2D eigenvalue weighted by molar-refractivity contribution is 0.670. The molecule has 1 heterocycles. The van der Waals surface area contributed by atoms with Crippen molar-refractivity contribution in [1.82, 2.24) is 0 Å². The van der Waals surface area contributed by atoms with Crippen molar-refractivity contribution >= 4 is 110 Å². The van der Waals surface area contributed by atoms with E-state index in [0.29, 0.717) is 16.5 Å². The summed E-state index contributed by atoms with van der Waals surface area (Å²) in [5, 5.41) is 6.12. The van der Waals surface area contributed by atoms with Gasteiger partial charge in [0, 0.05) is 16.3 Å². The minimum Gasteiger partial charge on any atom is -0.455 e.